The highest BCUT2D eigenvalue weighted by Gasteiger charge is 2.17. The summed E-state index contributed by atoms with van der Waals surface area (Å²) in [4.78, 5) is 12.3. The number of halogens is 3. The average molecular weight is 379 g/mol. The molecular formula is C17H13Cl2FN4O. The Morgan fingerprint density at radius 1 is 1.24 bits per heavy atom. The zero-order valence-electron chi connectivity index (χ0n) is 13.1. The lowest BCUT2D eigenvalue weighted by Crippen LogP contribution is -2.24. The van der Waals surface area contributed by atoms with Crippen molar-refractivity contribution < 1.29 is 9.18 Å². The monoisotopic (exact) mass is 378 g/mol. The molecule has 128 valence electrons. The molecule has 0 atom stereocenters. The molecule has 0 bridgehead atoms. The van der Waals surface area contributed by atoms with Crippen molar-refractivity contribution in [3.05, 3.63) is 75.3 Å². The van der Waals surface area contributed by atoms with Crippen LogP contribution in [0, 0.1) is 12.7 Å². The fraction of sp³-hybridized carbons (Fsp3) is 0.118. The molecule has 2 aromatic carbocycles. The van der Waals surface area contributed by atoms with Gasteiger partial charge < -0.3 is 5.32 Å². The molecule has 0 spiro atoms. The SMILES string of the molecule is Cc1c(C(=O)NCc2ccc(F)c(Cl)c2)nnn1-c1cccc(Cl)c1. The molecule has 3 rings (SSSR count). The van der Waals surface area contributed by atoms with Crippen LogP contribution in [0.1, 0.15) is 21.7 Å². The molecule has 1 N–H and O–H groups in total. The average Bonchev–Trinajstić information content (AvgIpc) is 2.97. The second kappa shape index (κ2) is 7.21. The first-order chi connectivity index (χ1) is 12.0. The van der Waals surface area contributed by atoms with Crippen molar-refractivity contribution in [3.63, 3.8) is 0 Å². The summed E-state index contributed by atoms with van der Waals surface area (Å²) < 4.78 is 14.7. The molecule has 0 fully saturated rings. The van der Waals surface area contributed by atoms with Gasteiger partial charge in [0.25, 0.3) is 5.91 Å². The van der Waals surface area contributed by atoms with E-state index in [0.717, 1.165) is 0 Å². The smallest absolute Gasteiger partial charge is 0.274 e. The van der Waals surface area contributed by atoms with Crippen molar-refractivity contribution >= 4 is 29.1 Å². The topological polar surface area (TPSA) is 59.8 Å². The number of aromatic nitrogens is 3. The molecule has 1 heterocycles. The van der Waals surface area contributed by atoms with E-state index < -0.39 is 5.82 Å². The number of nitrogens with one attached hydrogen (secondary N) is 1. The standard InChI is InChI=1S/C17H13Cl2FN4O/c1-10-16(22-23-24(10)13-4-2-3-12(18)8-13)17(25)21-9-11-5-6-15(20)14(19)7-11/h2-8H,9H2,1H3,(H,21,25). The van der Waals surface area contributed by atoms with Crippen LogP contribution in [-0.4, -0.2) is 20.9 Å². The maximum Gasteiger partial charge on any atom is 0.274 e. The Morgan fingerprint density at radius 2 is 2.04 bits per heavy atom. The number of benzene rings is 2. The Balaban J connectivity index is 1.76. The summed E-state index contributed by atoms with van der Waals surface area (Å²) in [6.07, 6.45) is 0. The molecule has 0 saturated heterocycles. The van der Waals surface area contributed by atoms with Gasteiger partial charge in [-0.1, -0.05) is 40.5 Å². The van der Waals surface area contributed by atoms with E-state index in [1.54, 1.807) is 31.2 Å². The quantitative estimate of drug-likeness (QED) is 0.747. The summed E-state index contributed by atoms with van der Waals surface area (Å²) in [6.45, 7) is 1.94. The second-order valence-electron chi connectivity index (χ2n) is 5.35. The normalized spacial score (nSPS) is 10.7. The van der Waals surface area contributed by atoms with Gasteiger partial charge in [0.15, 0.2) is 5.69 Å². The summed E-state index contributed by atoms with van der Waals surface area (Å²) in [5.74, 6) is -0.886. The lowest BCUT2D eigenvalue weighted by atomic mass is 10.2. The van der Waals surface area contributed by atoms with E-state index in [-0.39, 0.29) is 23.2 Å². The van der Waals surface area contributed by atoms with Crippen LogP contribution >= 0.6 is 23.2 Å². The van der Waals surface area contributed by atoms with E-state index in [4.69, 9.17) is 23.2 Å². The van der Waals surface area contributed by atoms with Gasteiger partial charge in [-0.05, 0) is 42.8 Å². The second-order valence-corrected chi connectivity index (χ2v) is 6.19. The van der Waals surface area contributed by atoms with E-state index in [1.807, 2.05) is 6.07 Å². The van der Waals surface area contributed by atoms with Crippen LogP contribution < -0.4 is 5.32 Å². The Kier molecular flexibility index (Phi) is 5.01. The van der Waals surface area contributed by atoms with Crippen LogP contribution in [-0.2, 0) is 6.54 Å². The minimum Gasteiger partial charge on any atom is -0.347 e. The summed E-state index contributed by atoms with van der Waals surface area (Å²) >= 11 is 11.7. The van der Waals surface area contributed by atoms with Crippen LogP contribution in [0.15, 0.2) is 42.5 Å². The number of carbonyl (C=O) groups is 1. The number of rotatable bonds is 4. The summed E-state index contributed by atoms with van der Waals surface area (Å²) in [5.41, 5.74) is 2.17. The van der Waals surface area contributed by atoms with Gasteiger partial charge in [0.05, 0.1) is 16.4 Å². The van der Waals surface area contributed by atoms with Gasteiger partial charge in [-0.25, -0.2) is 9.07 Å². The molecule has 0 aliphatic carbocycles. The van der Waals surface area contributed by atoms with E-state index in [9.17, 15) is 9.18 Å². The highest BCUT2D eigenvalue weighted by Crippen LogP contribution is 2.18. The van der Waals surface area contributed by atoms with Gasteiger partial charge in [0, 0.05) is 11.6 Å². The number of nitrogens with zero attached hydrogens (tertiary/aromatic N) is 3. The van der Waals surface area contributed by atoms with Crippen molar-refractivity contribution in [3.8, 4) is 5.69 Å². The number of carbonyl (C=O) groups excluding carboxylic acids is 1. The zero-order valence-corrected chi connectivity index (χ0v) is 14.6. The molecule has 1 amide bonds. The molecule has 0 radical (unpaired) electrons. The molecule has 3 aromatic rings. The van der Waals surface area contributed by atoms with Crippen molar-refractivity contribution in [1.29, 1.82) is 0 Å². The Bertz CT molecular complexity index is 942. The van der Waals surface area contributed by atoms with E-state index in [2.05, 4.69) is 15.6 Å². The fourth-order valence-electron chi connectivity index (χ4n) is 2.31. The summed E-state index contributed by atoms with van der Waals surface area (Å²) in [6, 6.07) is 11.4. The zero-order chi connectivity index (χ0) is 18.0. The predicted octanol–water partition coefficient (Wildman–Crippen LogP) is 3.95. The molecule has 25 heavy (non-hydrogen) atoms. The minimum absolute atomic E-state index is 0.00910. The van der Waals surface area contributed by atoms with E-state index >= 15 is 0 Å². The van der Waals surface area contributed by atoms with Gasteiger partial charge in [-0.2, -0.15) is 0 Å². The first-order valence-electron chi connectivity index (χ1n) is 7.36. The Morgan fingerprint density at radius 3 is 2.76 bits per heavy atom. The number of amides is 1. The summed E-state index contributed by atoms with van der Waals surface area (Å²) in [5, 5.41) is 11.2. The third-order valence-corrected chi connectivity index (χ3v) is 4.12. The van der Waals surface area contributed by atoms with Crippen molar-refractivity contribution in [2.75, 3.05) is 0 Å². The van der Waals surface area contributed by atoms with Gasteiger partial charge >= 0.3 is 0 Å². The van der Waals surface area contributed by atoms with Crippen LogP contribution in [0.2, 0.25) is 10.0 Å². The first-order valence-corrected chi connectivity index (χ1v) is 8.11. The van der Waals surface area contributed by atoms with Gasteiger partial charge in [-0.15, -0.1) is 5.10 Å². The molecule has 1 aromatic heterocycles. The van der Waals surface area contributed by atoms with Gasteiger partial charge in [0.1, 0.15) is 5.82 Å². The van der Waals surface area contributed by atoms with Crippen molar-refractivity contribution in [1.82, 2.24) is 20.3 Å². The molecule has 5 nitrogen and oxygen atoms in total. The van der Waals surface area contributed by atoms with Gasteiger partial charge in [-0.3, -0.25) is 4.79 Å². The predicted molar refractivity (Wildman–Crippen MR) is 93.7 cm³/mol. The molecule has 0 saturated carbocycles. The highest BCUT2D eigenvalue weighted by molar-refractivity contribution is 6.31. The third-order valence-electron chi connectivity index (χ3n) is 3.60. The van der Waals surface area contributed by atoms with E-state index in [1.165, 1.54) is 16.8 Å². The number of hydrogen-bond acceptors (Lipinski definition) is 3. The lowest BCUT2D eigenvalue weighted by molar-refractivity contribution is 0.0945. The largest absolute Gasteiger partial charge is 0.347 e. The first kappa shape index (κ1) is 17.4. The van der Waals surface area contributed by atoms with Gasteiger partial charge in [0.2, 0.25) is 0 Å². The van der Waals surface area contributed by atoms with Crippen LogP contribution in [0.4, 0.5) is 4.39 Å². The molecule has 8 heteroatoms. The fourth-order valence-corrected chi connectivity index (χ4v) is 2.70. The molecule has 0 aliphatic rings. The Hall–Kier alpha value is -2.44. The van der Waals surface area contributed by atoms with Crippen molar-refractivity contribution in [2.24, 2.45) is 0 Å². The molecule has 0 unspecified atom stereocenters. The maximum atomic E-state index is 13.2. The molecule has 0 aliphatic heterocycles. The minimum atomic E-state index is -0.503. The van der Waals surface area contributed by atoms with E-state index in [0.29, 0.717) is 22.0 Å². The highest BCUT2D eigenvalue weighted by atomic mass is 35.5. The number of hydrogen-bond donors (Lipinski definition) is 1. The molecular weight excluding hydrogens is 366 g/mol. The maximum absolute atomic E-state index is 13.2. The van der Waals surface area contributed by atoms with Crippen LogP contribution in [0.25, 0.3) is 5.69 Å². The van der Waals surface area contributed by atoms with Crippen LogP contribution in [0.3, 0.4) is 0 Å². The Labute approximate surface area is 153 Å². The lowest BCUT2D eigenvalue weighted by Gasteiger charge is -2.06. The summed E-state index contributed by atoms with van der Waals surface area (Å²) in [7, 11) is 0. The van der Waals surface area contributed by atoms with Crippen LogP contribution in [0.5, 0.6) is 0 Å². The third kappa shape index (κ3) is 3.81. The van der Waals surface area contributed by atoms with Crippen molar-refractivity contribution in [2.45, 2.75) is 13.5 Å².